The van der Waals surface area contributed by atoms with Crippen LogP contribution in [0.15, 0.2) is 53.5 Å². The molecule has 0 aliphatic heterocycles. The average Bonchev–Trinajstić information content (AvgIpc) is 3.14. The molecule has 4 aromatic rings. The number of nitrogens with one attached hydrogen (secondary N) is 1. The maximum atomic E-state index is 12.7. The van der Waals surface area contributed by atoms with Gasteiger partial charge >= 0.3 is 0 Å². The number of anilines is 1. The number of nitrogens with zero attached hydrogens (tertiary/aromatic N) is 3. The molecular formula is C20H17ClN4O2. The Morgan fingerprint density at radius 1 is 1.11 bits per heavy atom. The predicted molar refractivity (Wildman–Crippen MR) is 107 cm³/mol. The molecule has 0 aliphatic carbocycles. The lowest BCUT2D eigenvalue weighted by molar-refractivity contribution is 0.102. The van der Waals surface area contributed by atoms with E-state index in [0.717, 1.165) is 11.1 Å². The molecule has 2 aromatic heterocycles. The lowest BCUT2D eigenvalue weighted by Crippen LogP contribution is -2.23. The van der Waals surface area contributed by atoms with Gasteiger partial charge in [-0.25, -0.2) is 4.52 Å². The van der Waals surface area contributed by atoms with Crippen LogP contribution in [0, 0.1) is 6.92 Å². The van der Waals surface area contributed by atoms with Crippen LogP contribution in [-0.4, -0.2) is 20.1 Å². The van der Waals surface area contributed by atoms with Crippen LogP contribution in [0.25, 0.3) is 16.6 Å². The smallest absolute Gasteiger partial charge is 0.277 e. The van der Waals surface area contributed by atoms with Crippen molar-refractivity contribution < 1.29 is 4.79 Å². The molecule has 0 unspecified atom stereocenters. The zero-order valence-corrected chi connectivity index (χ0v) is 15.6. The van der Waals surface area contributed by atoms with Gasteiger partial charge < -0.3 is 9.88 Å². The number of carbonyl (C=O) groups excluding carboxylic acids is 1. The first-order valence-electron chi connectivity index (χ1n) is 8.57. The summed E-state index contributed by atoms with van der Waals surface area (Å²) >= 11 is 5.97. The maximum absolute atomic E-state index is 12.7. The molecule has 0 aliphatic rings. The highest BCUT2D eigenvalue weighted by Gasteiger charge is 2.14. The Kier molecular flexibility index (Phi) is 4.20. The van der Waals surface area contributed by atoms with Crippen molar-refractivity contribution in [1.82, 2.24) is 14.2 Å². The molecule has 27 heavy (non-hydrogen) atoms. The molecule has 0 saturated heterocycles. The number of fused-ring (bicyclic) bond motifs is 3. The van der Waals surface area contributed by atoms with E-state index in [1.54, 1.807) is 51.7 Å². The molecule has 0 fully saturated rings. The van der Waals surface area contributed by atoms with Gasteiger partial charge in [-0.2, -0.15) is 5.10 Å². The second-order valence-electron chi connectivity index (χ2n) is 6.29. The van der Waals surface area contributed by atoms with Gasteiger partial charge in [0.05, 0.1) is 17.2 Å². The molecule has 2 heterocycles. The SMILES string of the molecule is CCn1c(=O)c2ccnn2c2ccc(C(=O)Nc3ccc(Cl)cc3C)cc21. The summed E-state index contributed by atoms with van der Waals surface area (Å²) in [4.78, 5) is 25.4. The summed E-state index contributed by atoms with van der Waals surface area (Å²) in [5.74, 6) is -0.252. The van der Waals surface area contributed by atoms with Crippen LogP contribution in [0.1, 0.15) is 22.8 Å². The lowest BCUT2D eigenvalue weighted by Gasteiger charge is -2.12. The predicted octanol–water partition coefficient (Wildman–Crippen LogP) is 3.88. The molecule has 136 valence electrons. The van der Waals surface area contributed by atoms with Crippen molar-refractivity contribution in [1.29, 1.82) is 0 Å². The fourth-order valence-corrected chi connectivity index (χ4v) is 3.47. The summed E-state index contributed by atoms with van der Waals surface area (Å²) in [6.45, 7) is 4.28. The Morgan fingerprint density at radius 3 is 2.67 bits per heavy atom. The Hall–Kier alpha value is -3.12. The Balaban J connectivity index is 1.82. The van der Waals surface area contributed by atoms with Gasteiger partial charge in [0.15, 0.2) is 0 Å². The molecule has 1 amide bonds. The van der Waals surface area contributed by atoms with Crippen molar-refractivity contribution in [3.8, 4) is 0 Å². The van der Waals surface area contributed by atoms with E-state index >= 15 is 0 Å². The number of aromatic nitrogens is 3. The molecule has 1 N–H and O–H groups in total. The molecule has 7 heteroatoms. The van der Waals surface area contributed by atoms with Crippen molar-refractivity contribution in [3.63, 3.8) is 0 Å². The van der Waals surface area contributed by atoms with Crippen molar-refractivity contribution >= 4 is 39.7 Å². The number of carbonyl (C=O) groups is 1. The number of amides is 1. The van der Waals surface area contributed by atoms with E-state index in [0.29, 0.717) is 33.9 Å². The molecule has 0 radical (unpaired) electrons. The van der Waals surface area contributed by atoms with E-state index in [1.165, 1.54) is 0 Å². The van der Waals surface area contributed by atoms with Crippen molar-refractivity contribution in [2.45, 2.75) is 20.4 Å². The first kappa shape index (κ1) is 17.3. The quantitative estimate of drug-likeness (QED) is 0.586. The summed E-state index contributed by atoms with van der Waals surface area (Å²) < 4.78 is 3.26. The highest BCUT2D eigenvalue weighted by Crippen LogP contribution is 2.21. The third-order valence-electron chi connectivity index (χ3n) is 4.62. The molecule has 2 aromatic carbocycles. The van der Waals surface area contributed by atoms with Crippen LogP contribution in [0.5, 0.6) is 0 Å². The molecule has 6 nitrogen and oxygen atoms in total. The first-order chi connectivity index (χ1) is 13.0. The molecule has 0 atom stereocenters. The standard InChI is InChI=1S/C20H17ClN4O2/c1-3-24-18-11-13(19(26)23-15-6-5-14(21)10-12(15)2)4-7-16(18)25-17(20(24)27)8-9-22-25/h4-11H,3H2,1-2H3,(H,23,26). The molecule has 0 spiro atoms. The minimum atomic E-state index is -0.252. The largest absolute Gasteiger partial charge is 0.322 e. The Morgan fingerprint density at radius 2 is 1.93 bits per heavy atom. The number of halogens is 1. The topological polar surface area (TPSA) is 68.4 Å². The minimum absolute atomic E-state index is 0.131. The van der Waals surface area contributed by atoms with Gasteiger partial charge in [-0.3, -0.25) is 9.59 Å². The first-order valence-corrected chi connectivity index (χ1v) is 8.95. The van der Waals surface area contributed by atoms with Crippen molar-refractivity contribution in [2.24, 2.45) is 0 Å². The monoisotopic (exact) mass is 380 g/mol. The van der Waals surface area contributed by atoms with Crippen molar-refractivity contribution in [3.05, 3.63) is 75.2 Å². The van der Waals surface area contributed by atoms with E-state index in [1.807, 2.05) is 19.9 Å². The number of rotatable bonds is 3. The zero-order valence-electron chi connectivity index (χ0n) is 14.9. The van der Waals surface area contributed by atoms with Crippen molar-refractivity contribution in [2.75, 3.05) is 5.32 Å². The van der Waals surface area contributed by atoms with Gasteiger partial charge in [0, 0.05) is 22.8 Å². The van der Waals surface area contributed by atoms with Gasteiger partial charge in [0.25, 0.3) is 11.5 Å². The minimum Gasteiger partial charge on any atom is -0.322 e. The summed E-state index contributed by atoms with van der Waals surface area (Å²) in [7, 11) is 0. The number of hydrogen-bond acceptors (Lipinski definition) is 3. The summed E-state index contributed by atoms with van der Waals surface area (Å²) in [5, 5.41) is 7.75. The zero-order chi connectivity index (χ0) is 19.1. The Bertz CT molecular complexity index is 1260. The van der Waals surface area contributed by atoms with Crippen LogP contribution in [0.2, 0.25) is 5.02 Å². The highest BCUT2D eigenvalue weighted by atomic mass is 35.5. The molecule has 0 bridgehead atoms. The summed E-state index contributed by atoms with van der Waals surface area (Å²) in [6, 6.07) is 12.2. The van der Waals surface area contributed by atoms with E-state index < -0.39 is 0 Å². The highest BCUT2D eigenvalue weighted by molar-refractivity contribution is 6.30. The van der Waals surface area contributed by atoms with Crippen LogP contribution < -0.4 is 10.9 Å². The third-order valence-corrected chi connectivity index (χ3v) is 4.85. The van der Waals surface area contributed by atoms with Gasteiger partial charge in [-0.05, 0) is 61.9 Å². The van der Waals surface area contributed by atoms with E-state index in [4.69, 9.17) is 11.6 Å². The molecule has 0 saturated carbocycles. The number of benzene rings is 2. The normalized spacial score (nSPS) is 11.2. The second kappa shape index (κ2) is 6.55. The van der Waals surface area contributed by atoms with E-state index in [2.05, 4.69) is 10.4 Å². The van der Waals surface area contributed by atoms with Crippen LogP contribution >= 0.6 is 11.6 Å². The van der Waals surface area contributed by atoms with Gasteiger partial charge in [0.2, 0.25) is 0 Å². The van der Waals surface area contributed by atoms with Crippen LogP contribution in [-0.2, 0) is 6.54 Å². The van der Waals surface area contributed by atoms with Gasteiger partial charge in [-0.15, -0.1) is 0 Å². The summed E-state index contributed by atoms with van der Waals surface area (Å²) in [5.41, 5.74) is 3.85. The van der Waals surface area contributed by atoms with E-state index in [9.17, 15) is 9.59 Å². The average molecular weight is 381 g/mol. The molecular weight excluding hydrogens is 364 g/mol. The maximum Gasteiger partial charge on any atom is 0.277 e. The van der Waals surface area contributed by atoms with Gasteiger partial charge in [0.1, 0.15) is 5.52 Å². The lowest BCUT2D eigenvalue weighted by atomic mass is 10.1. The van der Waals surface area contributed by atoms with Gasteiger partial charge in [-0.1, -0.05) is 11.6 Å². The number of hydrogen-bond donors (Lipinski definition) is 1. The van der Waals surface area contributed by atoms with Crippen LogP contribution in [0.4, 0.5) is 5.69 Å². The molecule has 4 rings (SSSR count). The third kappa shape index (κ3) is 2.88. The van der Waals surface area contributed by atoms with Crippen LogP contribution in [0.3, 0.4) is 0 Å². The fraction of sp³-hybridized carbons (Fsp3) is 0.150. The van der Waals surface area contributed by atoms with E-state index in [-0.39, 0.29) is 11.5 Å². The fourth-order valence-electron chi connectivity index (χ4n) is 3.24. The number of aryl methyl sites for hydroxylation is 2. The second-order valence-corrected chi connectivity index (χ2v) is 6.73. The Labute approximate surface area is 160 Å². The summed E-state index contributed by atoms with van der Waals surface area (Å²) in [6.07, 6.45) is 1.60.